The Hall–Kier alpha value is -4.80. The summed E-state index contributed by atoms with van der Waals surface area (Å²) in [5.74, 6) is -1.25. The molecular formula is C24H16F3N5O3. The molecule has 4 rings (SSSR count). The SMILES string of the molecule is O=C(O)c1ccc(O)c(N=Nc2ccccc2-c2ccnc(Nc3ccc(C(F)(F)F)cc3)n2)c1. The van der Waals surface area contributed by atoms with E-state index in [1.165, 1.54) is 36.5 Å². The third kappa shape index (κ3) is 5.58. The average molecular weight is 479 g/mol. The zero-order valence-corrected chi connectivity index (χ0v) is 17.7. The van der Waals surface area contributed by atoms with Crippen LogP contribution in [0.1, 0.15) is 15.9 Å². The van der Waals surface area contributed by atoms with E-state index in [0.717, 1.165) is 12.1 Å². The number of anilines is 2. The zero-order chi connectivity index (χ0) is 25.0. The van der Waals surface area contributed by atoms with Crippen molar-refractivity contribution < 1.29 is 28.2 Å². The highest BCUT2D eigenvalue weighted by atomic mass is 19.4. The molecule has 0 radical (unpaired) electrons. The number of rotatable bonds is 6. The maximum absolute atomic E-state index is 12.8. The molecule has 0 unspecified atom stereocenters. The summed E-state index contributed by atoms with van der Waals surface area (Å²) in [5.41, 5.74) is 0.919. The minimum Gasteiger partial charge on any atom is -0.506 e. The van der Waals surface area contributed by atoms with Crippen LogP contribution in [0.2, 0.25) is 0 Å². The molecule has 11 heteroatoms. The van der Waals surface area contributed by atoms with Gasteiger partial charge in [-0.15, -0.1) is 10.2 Å². The molecule has 0 atom stereocenters. The van der Waals surface area contributed by atoms with Crippen LogP contribution < -0.4 is 5.32 Å². The molecule has 35 heavy (non-hydrogen) atoms. The van der Waals surface area contributed by atoms with E-state index in [9.17, 15) is 23.1 Å². The molecule has 0 spiro atoms. The van der Waals surface area contributed by atoms with Crippen molar-refractivity contribution in [1.82, 2.24) is 9.97 Å². The molecule has 1 aromatic heterocycles. The van der Waals surface area contributed by atoms with Gasteiger partial charge in [-0.25, -0.2) is 14.8 Å². The van der Waals surface area contributed by atoms with Gasteiger partial charge in [-0.3, -0.25) is 0 Å². The standard InChI is InChI=1S/C24H16F3N5O3/c25-24(26,27)15-6-8-16(9-7-15)29-23-28-12-11-18(30-23)17-3-1-2-4-19(17)31-32-20-13-14(22(34)35)5-10-21(20)33/h1-13,33H,(H,34,35)(H,28,29,30). The Bertz CT molecular complexity index is 1410. The van der Waals surface area contributed by atoms with Crippen LogP contribution in [0, 0.1) is 0 Å². The molecule has 0 aliphatic carbocycles. The average Bonchev–Trinajstić information content (AvgIpc) is 2.83. The van der Waals surface area contributed by atoms with Crippen molar-refractivity contribution in [3.8, 4) is 17.0 Å². The molecule has 0 aliphatic heterocycles. The third-order valence-electron chi connectivity index (χ3n) is 4.79. The number of carboxylic acids is 1. The number of carboxylic acid groups (broad SMARTS) is 1. The minimum absolute atomic E-state index is 0.0213. The number of aromatic carboxylic acids is 1. The van der Waals surface area contributed by atoms with Crippen LogP contribution >= 0.6 is 0 Å². The fraction of sp³-hybridized carbons (Fsp3) is 0.0417. The van der Waals surface area contributed by atoms with Crippen LogP contribution in [-0.4, -0.2) is 26.2 Å². The van der Waals surface area contributed by atoms with E-state index in [0.29, 0.717) is 22.6 Å². The lowest BCUT2D eigenvalue weighted by Crippen LogP contribution is -2.04. The van der Waals surface area contributed by atoms with Crippen LogP contribution in [-0.2, 0) is 6.18 Å². The molecule has 0 aliphatic rings. The topological polar surface area (TPSA) is 120 Å². The Labute approximate surface area is 196 Å². The summed E-state index contributed by atoms with van der Waals surface area (Å²) >= 11 is 0. The summed E-state index contributed by atoms with van der Waals surface area (Å²) in [4.78, 5) is 19.7. The van der Waals surface area contributed by atoms with Gasteiger partial charge in [0.25, 0.3) is 0 Å². The van der Waals surface area contributed by atoms with Crippen LogP contribution in [0.4, 0.5) is 36.2 Å². The molecule has 0 amide bonds. The molecule has 3 aromatic carbocycles. The zero-order valence-electron chi connectivity index (χ0n) is 17.7. The van der Waals surface area contributed by atoms with Crippen LogP contribution in [0.25, 0.3) is 11.3 Å². The number of phenolic OH excluding ortho intramolecular Hbond substituents is 1. The summed E-state index contributed by atoms with van der Waals surface area (Å²) in [6.07, 6.45) is -2.95. The van der Waals surface area contributed by atoms with Gasteiger partial charge in [0, 0.05) is 17.4 Å². The molecule has 176 valence electrons. The number of hydrogen-bond donors (Lipinski definition) is 3. The number of azo groups is 1. The van der Waals surface area contributed by atoms with E-state index in [1.54, 1.807) is 30.3 Å². The number of aromatic hydroxyl groups is 1. The smallest absolute Gasteiger partial charge is 0.416 e. The van der Waals surface area contributed by atoms with Gasteiger partial charge in [0.05, 0.1) is 22.5 Å². The van der Waals surface area contributed by atoms with Gasteiger partial charge in [0.1, 0.15) is 11.4 Å². The number of alkyl halides is 3. The quantitative estimate of drug-likeness (QED) is 0.264. The summed E-state index contributed by atoms with van der Waals surface area (Å²) in [5, 5.41) is 30.1. The fourth-order valence-corrected chi connectivity index (χ4v) is 3.06. The molecule has 3 N–H and O–H groups in total. The van der Waals surface area contributed by atoms with Crippen molar-refractivity contribution in [2.45, 2.75) is 6.18 Å². The summed E-state index contributed by atoms with van der Waals surface area (Å²) in [7, 11) is 0. The first-order valence-electron chi connectivity index (χ1n) is 10.1. The number of aromatic nitrogens is 2. The second kappa shape index (κ2) is 9.59. The Kier molecular flexibility index (Phi) is 6.40. The lowest BCUT2D eigenvalue weighted by molar-refractivity contribution is -0.137. The van der Waals surface area contributed by atoms with Crippen LogP contribution in [0.15, 0.2) is 89.2 Å². The highest BCUT2D eigenvalue weighted by Crippen LogP contribution is 2.34. The Balaban J connectivity index is 1.61. The van der Waals surface area contributed by atoms with Crippen LogP contribution in [0.5, 0.6) is 5.75 Å². The Morgan fingerprint density at radius 3 is 2.34 bits per heavy atom. The highest BCUT2D eigenvalue weighted by molar-refractivity contribution is 5.89. The molecular weight excluding hydrogens is 463 g/mol. The third-order valence-corrected chi connectivity index (χ3v) is 4.79. The van der Waals surface area contributed by atoms with E-state index < -0.39 is 17.7 Å². The Morgan fingerprint density at radius 2 is 1.63 bits per heavy atom. The van der Waals surface area contributed by atoms with Gasteiger partial charge < -0.3 is 15.5 Å². The molecule has 0 fully saturated rings. The number of carbonyl (C=O) groups is 1. The maximum atomic E-state index is 12.8. The van der Waals surface area contributed by atoms with E-state index in [-0.39, 0.29) is 22.9 Å². The van der Waals surface area contributed by atoms with Crippen LogP contribution in [0.3, 0.4) is 0 Å². The number of halogens is 3. The molecule has 1 heterocycles. The second-order valence-electron chi connectivity index (χ2n) is 7.19. The molecule has 0 saturated heterocycles. The fourth-order valence-electron chi connectivity index (χ4n) is 3.06. The summed E-state index contributed by atoms with van der Waals surface area (Å²) in [6, 6.07) is 16.6. The van der Waals surface area contributed by atoms with Gasteiger partial charge in [0.2, 0.25) is 5.95 Å². The first-order chi connectivity index (χ1) is 16.7. The number of hydrogen-bond acceptors (Lipinski definition) is 7. The van der Waals surface area contributed by atoms with Crippen molar-refractivity contribution in [2.75, 3.05) is 5.32 Å². The number of nitrogens with one attached hydrogen (secondary N) is 1. The Morgan fingerprint density at radius 1 is 0.914 bits per heavy atom. The van der Waals surface area contributed by atoms with Gasteiger partial charge in [-0.05, 0) is 54.6 Å². The van der Waals surface area contributed by atoms with Crippen molar-refractivity contribution >= 4 is 29.0 Å². The summed E-state index contributed by atoms with van der Waals surface area (Å²) < 4.78 is 38.3. The van der Waals surface area contributed by atoms with E-state index in [4.69, 9.17) is 5.11 Å². The number of nitrogens with zero attached hydrogens (tertiary/aromatic N) is 4. The lowest BCUT2D eigenvalue weighted by Gasteiger charge is -2.10. The molecule has 0 bridgehead atoms. The number of benzene rings is 3. The first kappa shape index (κ1) is 23.4. The molecule has 0 saturated carbocycles. The predicted molar refractivity (Wildman–Crippen MR) is 121 cm³/mol. The van der Waals surface area contributed by atoms with Crippen molar-refractivity contribution in [3.63, 3.8) is 0 Å². The summed E-state index contributed by atoms with van der Waals surface area (Å²) in [6.45, 7) is 0. The van der Waals surface area contributed by atoms with Gasteiger partial charge >= 0.3 is 12.1 Å². The monoisotopic (exact) mass is 479 g/mol. The minimum atomic E-state index is -4.43. The van der Waals surface area contributed by atoms with Gasteiger partial charge in [0.15, 0.2) is 0 Å². The molecule has 4 aromatic rings. The molecule has 8 nitrogen and oxygen atoms in total. The van der Waals surface area contributed by atoms with Crippen molar-refractivity contribution in [2.24, 2.45) is 10.2 Å². The highest BCUT2D eigenvalue weighted by Gasteiger charge is 2.29. The van der Waals surface area contributed by atoms with E-state index in [2.05, 4.69) is 25.5 Å². The van der Waals surface area contributed by atoms with E-state index in [1.807, 2.05) is 0 Å². The maximum Gasteiger partial charge on any atom is 0.416 e. The largest absolute Gasteiger partial charge is 0.506 e. The van der Waals surface area contributed by atoms with Gasteiger partial charge in [-0.2, -0.15) is 13.2 Å². The normalized spacial score (nSPS) is 11.5. The second-order valence-corrected chi connectivity index (χ2v) is 7.19. The van der Waals surface area contributed by atoms with E-state index >= 15 is 0 Å². The van der Waals surface area contributed by atoms with Gasteiger partial charge in [-0.1, -0.05) is 18.2 Å². The number of phenols is 1. The predicted octanol–water partition coefficient (Wildman–Crippen LogP) is 6.73. The van der Waals surface area contributed by atoms with Crippen molar-refractivity contribution in [3.05, 3.63) is 90.1 Å². The first-order valence-corrected chi connectivity index (χ1v) is 10.1. The van der Waals surface area contributed by atoms with Crippen molar-refractivity contribution in [1.29, 1.82) is 0 Å². The lowest BCUT2D eigenvalue weighted by atomic mass is 10.1.